The summed E-state index contributed by atoms with van der Waals surface area (Å²) in [6.45, 7) is 4.40. The third-order valence-corrected chi connectivity index (χ3v) is 15.3. The topological polar surface area (TPSA) is 69.6 Å². The molecule has 0 aromatic heterocycles. The molecule has 0 rings (SSSR count). The van der Waals surface area contributed by atoms with Crippen molar-refractivity contribution < 1.29 is 15.0 Å². The zero-order valence-corrected chi connectivity index (χ0v) is 46.9. The van der Waals surface area contributed by atoms with Gasteiger partial charge in [-0.05, 0) is 38.5 Å². The van der Waals surface area contributed by atoms with E-state index in [9.17, 15) is 15.0 Å². The molecular weight excluding hydrogens is 831 g/mol. The maximum Gasteiger partial charge on any atom is 0.220 e. The molecule has 4 heteroatoms. The fraction of sp³-hybridized carbons (Fsp3) is 0.953. The lowest BCUT2D eigenvalue weighted by Gasteiger charge is -2.22. The molecule has 2 atom stereocenters. The van der Waals surface area contributed by atoms with Crippen molar-refractivity contribution in [3.8, 4) is 0 Å². The monoisotopic (exact) mass is 958 g/mol. The number of nitrogens with one attached hydrogen (secondary N) is 1. The highest BCUT2D eigenvalue weighted by molar-refractivity contribution is 5.76. The van der Waals surface area contributed by atoms with E-state index < -0.39 is 12.1 Å². The second-order valence-corrected chi connectivity index (χ2v) is 22.2. The standard InChI is InChI=1S/C64H127NO3/c1-3-5-7-9-11-13-15-17-19-21-22-23-24-25-26-27-28-29-30-31-32-33-34-35-36-37-38-39-40-41-42-44-46-48-50-52-54-56-58-60-64(68)65-62(61-66)63(67)59-57-55-53-51-49-47-45-43-20-18-16-14-12-10-8-6-4-2/h31-32,62-63,66-67H,3-30,33-61H2,1-2H3,(H,65,68)/b32-31-. The molecule has 0 saturated heterocycles. The summed E-state index contributed by atoms with van der Waals surface area (Å²) in [4.78, 5) is 12.5. The van der Waals surface area contributed by atoms with Crippen LogP contribution >= 0.6 is 0 Å². The SMILES string of the molecule is CCCCCCCCCCCCCCCCCCCC/C=C\CCCCCCCCCCCCCCCCCCCC(=O)NC(CO)C(O)CCCCCCCCCCCCCCCCCCC. The second kappa shape index (κ2) is 60.4. The summed E-state index contributed by atoms with van der Waals surface area (Å²) in [7, 11) is 0. The summed E-state index contributed by atoms with van der Waals surface area (Å²) >= 11 is 0. The summed E-state index contributed by atoms with van der Waals surface area (Å²) < 4.78 is 0. The summed E-state index contributed by atoms with van der Waals surface area (Å²) in [5.41, 5.74) is 0. The number of allylic oxidation sites excluding steroid dienone is 2. The van der Waals surface area contributed by atoms with Crippen molar-refractivity contribution in [3.05, 3.63) is 12.2 Å². The van der Waals surface area contributed by atoms with E-state index in [0.717, 1.165) is 25.7 Å². The van der Waals surface area contributed by atoms with Crippen LogP contribution in [0.3, 0.4) is 0 Å². The summed E-state index contributed by atoms with van der Waals surface area (Å²) in [5, 5.41) is 23.3. The van der Waals surface area contributed by atoms with Crippen molar-refractivity contribution in [2.45, 2.75) is 386 Å². The molecule has 0 aliphatic heterocycles. The Morgan fingerprint density at radius 2 is 0.559 bits per heavy atom. The van der Waals surface area contributed by atoms with Crippen LogP contribution in [0.5, 0.6) is 0 Å². The van der Waals surface area contributed by atoms with Crippen LogP contribution in [0, 0.1) is 0 Å². The third-order valence-electron chi connectivity index (χ3n) is 15.3. The minimum atomic E-state index is -0.656. The number of aliphatic hydroxyl groups excluding tert-OH is 2. The summed E-state index contributed by atoms with van der Waals surface area (Å²) in [5.74, 6) is -0.0234. The minimum absolute atomic E-state index is 0.0234. The zero-order chi connectivity index (χ0) is 49.2. The van der Waals surface area contributed by atoms with Crippen molar-refractivity contribution in [3.63, 3.8) is 0 Å². The molecule has 68 heavy (non-hydrogen) atoms. The Hall–Kier alpha value is -0.870. The normalized spacial score (nSPS) is 12.7. The van der Waals surface area contributed by atoms with Crippen molar-refractivity contribution in [2.24, 2.45) is 0 Å². The van der Waals surface area contributed by atoms with Gasteiger partial charge in [0.2, 0.25) is 5.91 Å². The lowest BCUT2D eigenvalue weighted by atomic mass is 10.0. The fourth-order valence-corrected chi connectivity index (χ4v) is 10.4. The second-order valence-electron chi connectivity index (χ2n) is 22.2. The van der Waals surface area contributed by atoms with Crippen molar-refractivity contribution in [2.75, 3.05) is 6.61 Å². The molecular formula is C64H127NO3. The Morgan fingerprint density at radius 1 is 0.338 bits per heavy atom. The number of hydrogen-bond donors (Lipinski definition) is 3. The van der Waals surface area contributed by atoms with Gasteiger partial charge < -0.3 is 15.5 Å². The van der Waals surface area contributed by atoms with Crippen LogP contribution in [0.2, 0.25) is 0 Å². The molecule has 0 fully saturated rings. The van der Waals surface area contributed by atoms with Crippen LogP contribution in [-0.2, 0) is 4.79 Å². The first-order valence-electron chi connectivity index (χ1n) is 31.9. The third kappa shape index (κ3) is 56.0. The average molecular weight is 959 g/mol. The van der Waals surface area contributed by atoms with Gasteiger partial charge in [-0.3, -0.25) is 4.79 Å². The predicted molar refractivity (Wildman–Crippen MR) is 304 cm³/mol. The molecule has 406 valence electrons. The number of aliphatic hydroxyl groups is 2. The first kappa shape index (κ1) is 67.1. The highest BCUT2D eigenvalue weighted by Crippen LogP contribution is 2.19. The smallest absolute Gasteiger partial charge is 0.220 e. The molecule has 0 spiro atoms. The van der Waals surface area contributed by atoms with E-state index >= 15 is 0 Å². The molecule has 0 radical (unpaired) electrons. The van der Waals surface area contributed by atoms with E-state index in [-0.39, 0.29) is 12.5 Å². The lowest BCUT2D eigenvalue weighted by molar-refractivity contribution is -0.123. The van der Waals surface area contributed by atoms with Gasteiger partial charge in [0.15, 0.2) is 0 Å². The number of amides is 1. The van der Waals surface area contributed by atoms with Crippen molar-refractivity contribution in [1.82, 2.24) is 5.32 Å². The Labute approximate surface area is 428 Å². The molecule has 0 aliphatic carbocycles. The molecule has 1 amide bonds. The van der Waals surface area contributed by atoms with Gasteiger partial charge in [0.1, 0.15) is 0 Å². The molecule has 2 unspecified atom stereocenters. The van der Waals surface area contributed by atoms with E-state index in [1.165, 1.54) is 321 Å². The number of hydrogen-bond acceptors (Lipinski definition) is 3. The van der Waals surface area contributed by atoms with Crippen LogP contribution in [0.15, 0.2) is 12.2 Å². The minimum Gasteiger partial charge on any atom is -0.394 e. The first-order chi connectivity index (χ1) is 33.7. The molecule has 4 nitrogen and oxygen atoms in total. The zero-order valence-electron chi connectivity index (χ0n) is 46.9. The van der Waals surface area contributed by atoms with E-state index in [1.807, 2.05) is 0 Å². The summed E-state index contributed by atoms with van der Waals surface area (Å²) in [6.07, 6.45) is 79.6. The van der Waals surface area contributed by atoms with Gasteiger partial charge in [-0.2, -0.15) is 0 Å². The van der Waals surface area contributed by atoms with Crippen LogP contribution in [0.25, 0.3) is 0 Å². The fourth-order valence-electron chi connectivity index (χ4n) is 10.4. The average Bonchev–Trinajstić information content (AvgIpc) is 3.34. The molecule has 0 aromatic rings. The Balaban J connectivity index is 3.35. The molecule has 0 heterocycles. The highest BCUT2D eigenvalue weighted by atomic mass is 16.3. The van der Waals surface area contributed by atoms with Gasteiger partial charge >= 0.3 is 0 Å². The van der Waals surface area contributed by atoms with Gasteiger partial charge in [-0.1, -0.05) is 341 Å². The van der Waals surface area contributed by atoms with Crippen molar-refractivity contribution in [1.29, 1.82) is 0 Å². The Morgan fingerprint density at radius 3 is 0.809 bits per heavy atom. The van der Waals surface area contributed by atoms with E-state index in [0.29, 0.717) is 12.8 Å². The number of carbonyl (C=O) groups is 1. The van der Waals surface area contributed by atoms with E-state index in [2.05, 4.69) is 31.3 Å². The number of unbranched alkanes of at least 4 members (excludes halogenated alkanes) is 51. The van der Waals surface area contributed by atoms with Crippen LogP contribution in [-0.4, -0.2) is 34.9 Å². The molecule has 0 aromatic carbocycles. The quantitative estimate of drug-likeness (QED) is 0.0420. The first-order valence-corrected chi connectivity index (χ1v) is 31.9. The van der Waals surface area contributed by atoms with Gasteiger partial charge in [0.05, 0.1) is 18.8 Å². The molecule has 0 saturated carbocycles. The maximum atomic E-state index is 12.5. The van der Waals surface area contributed by atoms with Gasteiger partial charge in [-0.15, -0.1) is 0 Å². The Bertz CT molecular complexity index is 952. The largest absolute Gasteiger partial charge is 0.394 e. The van der Waals surface area contributed by atoms with Crippen molar-refractivity contribution >= 4 is 5.91 Å². The number of carbonyl (C=O) groups excluding carboxylic acids is 1. The van der Waals surface area contributed by atoms with E-state index in [1.54, 1.807) is 0 Å². The Kier molecular flexibility index (Phi) is 59.7. The maximum absolute atomic E-state index is 12.5. The van der Waals surface area contributed by atoms with E-state index in [4.69, 9.17) is 0 Å². The van der Waals surface area contributed by atoms with Gasteiger partial charge in [-0.25, -0.2) is 0 Å². The molecule has 3 N–H and O–H groups in total. The van der Waals surface area contributed by atoms with Crippen LogP contribution in [0.1, 0.15) is 373 Å². The summed E-state index contributed by atoms with van der Waals surface area (Å²) in [6, 6.07) is -0.533. The van der Waals surface area contributed by atoms with Gasteiger partial charge in [0.25, 0.3) is 0 Å². The molecule has 0 aliphatic rings. The molecule has 0 bridgehead atoms. The van der Waals surface area contributed by atoms with Crippen LogP contribution in [0.4, 0.5) is 0 Å². The highest BCUT2D eigenvalue weighted by Gasteiger charge is 2.20. The van der Waals surface area contributed by atoms with Crippen LogP contribution < -0.4 is 5.32 Å². The predicted octanol–water partition coefficient (Wildman–Crippen LogP) is 21.3. The number of rotatable bonds is 60. The van der Waals surface area contributed by atoms with Gasteiger partial charge in [0, 0.05) is 6.42 Å². The lowest BCUT2D eigenvalue weighted by Crippen LogP contribution is -2.45.